The van der Waals surface area contributed by atoms with E-state index in [1.807, 2.05) is 32.9 Å². The molecule has 0 saturated heterocycles. The van der Waals surface area contributed by atoms with Crippen LogP contribution in [0.3, 0.4) is 0 Å². The lowest BCUT2D eigenvalue weighted by Gasteiger charge is -2.21. The van der Waals surface area contributed by atoms with Gasteiger partial charge in [-0.2, -0.15) is 5.26 Å². The Hall–Kier alpha value is -0.660. The highest BCUT2D eigenvalue weighted by Crippen LogP contribution is 2.25. The van der Waals surface area contributed by atoms with Crippen LogP contribution in [0, 0.1) is 16.7 Å². The maximum absolute atomic E-state index is 12.1. The van der Waals surface area contributed by atoms with Crippen molar-refractivity contribution in [3.8, 4) is 6.07 Å². The lowest BCUT2D eigenvalue weighted by atomic mass is 9.87. The highest BCUT2D eigenvalue weighted by atomic mass is 79.9. The predicted octanol–water partition coefficient (Wildman–Crippen LogP) is 4.24. The number of nitrogens with zero attached hydrogens (tertiary/aromatic N) is 1. The van der Waals surface area contributed by atoms with Crippen LogP contribution in [0.25, 0.3) is 0 Å². The zero-order valence-corrected chi connectivity index (χ0v) is 13.8. The first kappa shape index (κ1) is 15.4. The van der Waals surface area contributed by atoms with E-state index in [0.717, 1.165) is 10.0 Å². The molecule has 0 bridgehead atoms. The normalized spacial score (nSPS) is 12.9. The number of ketones is 1. The number of Topliss-reactive ketones (excluding diaryl/α,β-unsaturated/α-hetero) is 1. The lowest BCUT2D eigenvalue weighted by Crippen LogP contribution is -2.30. The maximum Gasteiger partial charge on any atom is 0.152 e. The van der Waals surface area contributed by atoms with Crippen molar-refractivity contribution in [2.24, 2.45) is 5.41 Å². The summed E-state index contributed by atoms with van der Waals surface area (Å²) in [6.45, 7) is 5.70. The first-order valence-electron chi connectivity index (χ1n) is 5.62. The van der Waals surface area contributed by atoms with E-state index in [2.05, 4.69) is 37.9 Å². The number of halogens is 2. The molecule has 18 heavy (non-hydrogen) atoms. The number of alkyl halides is 1. The number of hydrogen-bond donors (Lipinski definition) is 0. The SMILES string of the molecule is CC(C)(C)C(=O)C(Br)Cc1ccc(Br)cc1C#N. The van der Waals surface area contributed by atoms with Gasteiger partial charge in [-0.1, -0.05) is 58.7 Å². The van der Waals surface area contributed by atoms with Gasteiger partial charge in [0.2, 0.25) is 0 Å². The molecule has 0 N–H and O–H groups in total. The first-order valence-corrected chi connectivity index (χ1v) is 7.33. The molecular weight excluding hydrogens is 358 g/mol. The van der Waals surface area contributed by atoms with Crippen LogP contribution in [0.5, 0.6) is 0 Å². The fraction of sp³-hybridized carbons (Fsp3) is 0.429. The smallest absolute Gasteiger partial charge is 0.152 e. The van der Waals surface area contributed by atoms with E-state index in [1.165, 1.54) is 0 Å². The maximum atomic E-state index is 12.1. The van der Waals surface area contributed by atoms with E-state index in [4.69, 9.17) is 5.26 Å². The Morgan fingerprint density at radius 1 is 1.44 bits per heavy atom. The molecule has 4 heteroatoms. The Bertz CT molecular complexity index is 497. The van der Waals surface area contributed by atoms with E-state index < -0.39 is 0 Å². The van der Waals surface area contributed by atoms with Crippen molar-refractivity contribution < 1.29 is 4.79 Å². The molecule has 0 aliphatic carbocycles. The molecule has 0 heterocycles. The van der Waals surface area contributed by atoms with Gasteiger partial charge in [-0.05, 0) is 24.1 Å². The first-order chi connectivity index (χ1) is 8.25. The second-order valence-electron chi connectivity index (χ2n) is 5.20. The molecule has 0 aromatic heterocycles. The number of hydrogen-bond acceptors (Lipinski definition) is 2. The fourth-order valence-corrected chi connectivity index (χ4v) is 2.98. The molecule has 1 unspecified atom stereocenters. The van der Waals surface area contributed by atoms with E-state index in [-0.39, 0.29) is 16.0 Å². The minimum Gasteiger partial charge on any atom is -0.298 e. The summed E-state index contributed by atoms with van der Waals surface area (Å²) in [5.41, 5.74) is 1.12. The van der Waals surface area contributed by atoms with Crippen LogP contribution in [-0.2, 0) is 11.2 Å². The van der Waals surface area contributed by atoms with Gasteiger partial charge < -0.3 is 0 Å². The van der Waals surface area contributed by atoms with Gasteiger partial charge in [0.25, 0.3) is 0 Å². The molecule has 0 radical (unpaired) electrons. The van der Waals surface area contributed by atoms with Crippen molar-refractivity contribution in [1.82, 2.24) is 0 Å². The summed E-state index contributed by atoms with van der Waals surface area (Å²) >= 11 is 6.76. The van der Waals surface area contributed by atoms with Gasteiger partial charge in [0.1, 0.15) is 0 Å². The summed E-state index contributed by atoms with van der Waals surface area (Å²) in [6, 6.07) is 7.70. The van der Waals surface area contributed by atoms with Crippen LogP contribution in [-0.4, -0.2) is 10.6 Å². The predicted molar refractivity (Wildman–Crippen MR) is 79.7 cm³/mol. The van der Waals surface area contributed by atoms with Gasteiger partial charge >= 0.3 is 0 Å². The summed E-state index contributed by atoms with van der Waals surface area (Å²) in [6.07, 6.45) is 0.534. The third-order valence-corrected chi connectivity index (χ3v) is 3.85. The molecule has 0 aliphatic heterocycles. The van der Waals surface area contributed by atoms with Gasteiger partial charge in [-0.15, -0.1) is 0 Å². The summed E-state index contributed by atoms with van der Waals surface area (Å²) in [5.74, 6) is 0.148. The van der Waals surface area contributed by atoms with Gasteiger partial charge in [-0.3, -0.25) is 4.79 Å². The monoisotopic (exact) mass is 371 g/mol. The van der Waals surface area contributed by atoms with Gasteiger partial charge in [-0.25, -0.2) is 0 Å². The van der Waals surface area contributed by atoms with Crippen molar-refractivity contribution in [2.45, 2.75) is 32.0 Å². The van der Waals surface area contributed by atoms with Crippen LogP contribution in [0.2, 0.25) is 0 Å². The summed E-state index contributed by atoms with van der Waals surface area (Å²) in [4.78, 5) is 11.8. The standard InChI is InChI=1S/C14H15Br2NO/c1-14(2,3)13(18)12(16)7-9-4-5-11(15)6-10(9)8-17/h4-6,12H,7H2,1-3H3. The Morgan fingerprint density at radius 2 is 2.06 bits per heavy atom. The van der Waals surface area contributed by atoms with Crippen LogP contribution in [0.15, 0.2) is 22.7 Å². The van der Waals surface area contributed by atoms with E-state index in [0.29, 0.717) is 12.0 Å². The van der Waals surface area contributed by atoms with E-state index >= 15 is 0 Å². The number of nitriles is 1. The number of carbonyl (C=O) groups is 1. The Labute approximate surface area is 125 Å². The average Bonchev–Trinajstić information content (AvgIpc) is 2.29. The molecule has 0 fully saturated rings. The minimum absolute atomic E-state index is 0.148. The summed E-state index contributed by atoms with van der Waals surface area (Å²) < 4.78 is 0.871. The molecule has 1 aromatic rings. The zero-order valence-electron chi connectivity index (χ0n) is 10.6. The highest BCUT2D eigenvalue weighted by Gasteiger charge is 2.28. The molecule has 0 saturated carbocycles. The molecule has 0 spiro atoms. The van der Waals surface area contributed by atoms with Crippen molar-refractivity contribution in [3.63, 3.8) is 0 Å². The Balaban J connectivity index is 2.93. The van der Waals surface area contributed by atoms with Crippen LogP contribution in [0.4, 0.5) is 0 Å². The topological polar surface area (TPSA) is 40.9 Å². The average molecular weight is 373 g/mol. The van der Waals surface area contributed by atoms with E-state index in [1.54, 1.807) is 6.07 Å². The fourth-order valence-electron chi connectivity index (χ4n) is 1.59. The second kappa shape index (κ2) is 5.99. The Kier molecular flexibility index (Phi) is 5.12. The van der Waals surface area contributed by atoms with Crippen LogP contribution >= 0.6 is 31.9 Å². The number of carbonyl (C=O) groups excluding carboxylic acids is 1. The van der Waals surface area contributed by atoms with Gasteiger partial charge in [0, 0.05) is 9.89 Å². The van der Waals surface area contributed by atoms with Crippen LogP contribution < -0.4 is 0 Å². The molecule has 1 atom stereocenters. The quantitative estimate of drug-likeness (QED) is 0.744. The third-order valence-electron chi connectivity index (χ3n) is 2.62. The Morgan fingerprint density at radius 3 is 2.56 bits per heavy atom. The lowest BCUT2D eigenvalue weighted by molar-refractivity contribution is -0.125. The van der Waals surface area contributed by atoms with Crippen molar-refractivity contribution in [2.75, 3.05) is 0 Å². The van der Waals surface area contributed by atoms with Gasteiger partial charge in [0.05, 0.1) is 16.5 Å². The van der Waals surface area contributed by atoms with Crippen molar-refractivity contribution >= 4 is 37.6 Å². The molecule has 0 amide bonds. The van der Waals surface area contributed by atoms with Crippen molar-refractivity contribution in [3.05, 3.63) is 33.8 Å². The van der Waals surface area contributed by atoms with Crippen molar-refractivity contribution in [1.29, 1.82) is 5.26 Å². The molecule has 1 aromatic carbocycles. The molecule has 2 nitrogen and oxygen atoms in total. The number of rotatable bonds is 3. The molecular formula is C14H15Br2NO. The molecule has 0 aliphatic rings. The van der Waals surface area contributed by atoms with Gasteiger partial charge in [0.15, 0.2) is 5.78 Å². The van der Waals surface area contributed by atoms with Crippen LogP contribution in [0.1, 0.15) is 31.9 Å². The third kappa shape index (κ3) is 3.93. The highest BCUT2D eigenvalue weighted by molar-refractivity contribution is 9.10. The van der Waals surface area contributed by atoms with E-state index in [9.17, 15) is 4.79 Å². The second-order valence-corrected chi connectivity index (χ2v) is 7.22. The zero-order chi connectivity index (χ0) is 13.9. The number of benzene rings is 1. The summed E-state index contributed by atoms with van der Waals surface area (Å²) in [5, 5.41) is 9.08. The summed E-state index contributed by atoms with van der Waals surface area (Å²) in [7, 11) is 0. The molecule has 1 rings (SSSR count). The largest absolute Gasteiger partial charge is 0.298 e. The molecule has 96 valence electrons. The minimum atomic E-state index is -0.379.